The summed E-state index contributed by atoms with van der Waals surface area (Å²) in [4.78, 5) is 23.6. The van der Waals surface area contributed by atoms with E-state index in [9.17, 15) is 14.7 Å². The van der Waals surface area contributed by atoms with Crippen molar-refractivity contribution in [1.82, 2.24) is 4.57 Å². The van der Waals surface area contributed by atoms with Crippen molar-refractivity contribution in [2.45, 2.75) is 47.1 Å². The summed E-state index contributed by atoms with van der Waals surface area (Å²) in [6, 6.07) is 3.45. The molecule has 2 aromatic rings. The zero-order valence-corrected chi connectivity index (χ0v) is 14.5. The molecule has 1 aromatic heterocycles. The minimum absolute atomic E-state index is 0.204. The number of rotatable bonds is 5. The van der Waals surface area contributed by atoms with Gasteiger partial charge in [-0.1, -0.05) is 33.3 Å². The van der Waals surface area contributed by atoms with E-state index in [0.29, 0.717) is 23.2 Å². The first-order valence-corrected chi connectivity index (χ1v) is 7.95. The highest BCUT2D eigenvalue weighted by atomic mass is 16.5. The molecule has 0 radical (unpaired) electrons. The van der Waals surface area contributed by atoms with Gasteiger partial charge < -0.3 is 14.4 Å². The fourth-order valence-electron chi connectivity index (χ4n) is 2.48. The monoisotopic (exact) mass is 319 g/mol. The van der Waals surface area contributed by atoms with E-state index in [4.69, 9.17) is 4.74 Å². The number of carboxylic acids is 1. The number of hydrogen-bond donors (Lipinski definition) is 1. The Morgan fingerprint density at radius 3 is 2.48 bits per heavy atom. The van der Waals surface area contributed by atoms with E-state index in [-0.39, 0.29) is 5.56 Å². The summed E-state index contributed by atoms with van der Waals surface area (Å²) >= 11 is 0. The predicted molar refractivity (Wildman–Crippen MR) is 92.7 cm³/mol. The van der Waals surface area contributed by atoms with Crippen LogP contribution < -0.4 is 10.2 Å². The normalized spacial score (nSPS) is 10.1. The van der Waals surface area contributed by atoms with Crippen LogP contribution in [0.2, 0.25) is 0 Å². The van der Waals surface area contributed by atoms with Crippen LogP contribution in [0, 0.1) is 6.92 Å². The number of carboxylic acid groups (broad SMARTS) is 1. The molecule has 5 heteroatoms. The molecule has 0 saturated carbocycles. The molecule has 23 heavy (non-hydrogen) atoms. The second-order valence-electron chi connectivity index (χ2n) is 5.04. The highest BCUT2D eigenvalue weighted by Gasteiger charge is 2.18. The number of methoxy groups -OCH3 is 1. The van der Waals surface area contributed by atoms with E-state index in [0.717, 1.165) is 18.4 Å². The van der Waals surface area contributed by atoms with Gasteiger partial charge in [0.05, 0.1) is 18.0 Å². The molecule has 126 valence electrons. The largest absolute Gasteiger partial charge is 0.494 e. The third-order valence-corrected chi connectivity index (χ3v) is 3.58. The Morgan fingerprint density at radius 2 is 1.96 bits per heavy atom. The molecule has 0 bridgehead atoms. The summed E-state index contributed by atoms with van der Waals surface area (Å²) in [6.07, 6.45) is 3.29. The number of nitrogens with zero attached hydrogens (tertiary/aromatic N) is 1. The summed E-state index contributed by atoms with van der Waals surface area (Å²) in [5.74, 6) is -0.579. The van der Waals surface area contributed by atoms with Crippen molar-refractivity contribution in [2.24, 2.45) is 0 Å². The van der Waals surface area contributed by atoms with Crippen molar-refractivity contribution < 1.29 is 14.6 Å². The van der Waals surface area contributed by atoms with E-state index < -0.39 is 11.4 Å². The average molecular weight is 319 g/mol. The number of ether oxygens (including phenoxy) is 1. The molecule has 0 amide bonds. The molecule has 0 aliphatic rings. The van der Waals surface area contributed by atoms with Crippen molar-refractivity contribution in [3.05, 3.63) is 39.7 Å². The highest BCUT2D eigenvalue weighted by Crippen LogP contribution is 2.28. The molecule has 0 aliphatic carbocycles. The number of unbranched alkanes of at least 4 members (excludes halogenated alkanes) is 1. The third kappa shape index (κ3) is 3.73. The Kier molecular flexibility index (Phi) is 6.82. The van der Waals surface area contributed by atoms with E-state index in [1.165, 1.54) is 6.20 Å². The highest BCUT2D eigenvalue weighted by molar-refractivity contribution is 5.94. The van der Waals surface area contributed by atoms with Crippen molar-refractivity contribution in [2.75, 3.05) is 7.11 Å². The molecule has 2 rings (SSSR count). The summed E-state index contributed by atoms with van der Waals surface area (Å²) in [7, 11) is 1.56. The Balaban J connectivity index is 0.00000127. The van der Waals surface area contributed by atoms with E-state index in [1.807, 2.05) is 25.3 Å². The lowest BCUT2D eigenvalue weighted by Crippen LogP contribution is -2.19. The van der Waals surface area contributed by atoms with Crippen LogP contribution in [0.4, 0.5) is 0 Å². The van der Waals surface area contributed by atoms with Gasteiger partial charge in [-0.2, -0.15) is 0 Å². The number of hydrogen-bond acceptors (Lipinski definition) is 3. The molecular weight excluding hydrogens is 294 g/mol. The van der Waals surface area contributed by atoms with Gasteiger partial charge in [-0.25, -0.2) is 4.79 Å². The quantitative estimate of drug-likeness (QED) is 0.909. The fraction of sp³-hybridized carbons (Fsp3) is 0.444. The van der Waals surface area contributed by atoms with Crippen molar-refractivity contribution in [3.8, 4) is 5.75 Å². The van der Waals surface area contributed by atoms with Gasteiger partial charge in [-0.15, -0.1) is 0 Å². The molecule has 1 N–H and O–H groups in total. The van der Waals surface area contributed by atoms with E-state index >= 15 is 0 Å². The number of pyridine rings is 1. The Labute approximate surface area is 136 Å². The summed E-state index contributed by atoms with van der Waals surface area (Å²) in [5.41, 5.74) is 0.909. The van der Waals surface area contributed by atoms with Gasteiger partial charge in [0.1, 0.15) is 11.3 Å². The predicted octanol–water partition coefficient (Wildman–Crippen LogP) is 3.84. The number of benzene rings is 1. The fourth-order valence-corrected chi connectivity index (χ4v) is 2.48. The van der Waals surface area contributed by atoms with E-state index in [1.54, 1.807) is 19.2 Å². The Bertz CT molecular complexity index is 747. The topological polar surface area (TPSA) is 68.5 Å². The molecule has 0 saturated heterocycles. The van der Waals surface area contributed by atoms with Crippen LogP contribution in [0.3, 0.4) is 0 Å². The average Bonchev–Trinajstić information content (AvgIpc) is 2.55. The minimum atomic E-state index is -1.20. The van der Waals surface area contributed by atoms with Crippen LogP contribution in [-0.4, -0.2) is 22.8 Å². The second kappa shape index (κ2) is 8.36. The Morgan fingerprint density at radius 1 is 1.30 bits per heavy atom. The maximum atomic E-state index is 12.3. The molecular formula is C18H25NO4. The van der Waals surface area contributed by atoms with Crippen molar-refractivity contribution in [3.63, 3.8) is 0 Å². The SMILES string of the molecule is CC.CCCCn1cc(C(=O)O)c(=O)c2ccc(C)c(OC)c21. The van der Waals surface area contributed by atoms with Crippen LogP contribution in [0.25, 0.3) is 10.9 Å². The van der Waals surface area contributed by atoms with Gasteiger partial charge in [0, 0.05) is 12.7 Å². The van der Waals surface area contributed by atoms with Crippen LogP contribution in [0.1, 0.15) is 49.5 Å². The van der Waals surface area contributed by atoms with Crippen molar-refractivity contribution in [1.29, 1.82) is 0 Å². The number of carbonyl (C=O) groups is 1. The first kappa shape index (κ1) is 18.7. The molecule has 1 aromatic carbocycles. The lowest BCUT2D eigenvalue weighted by atomic mass is 10.1. The molecule has 0 unspecified atom stereocenters. The van der Waals surface area contributed by atoms with Gasteiger partial charge >= 0.3 is 5.97 Å². The maximum Gasteiger partial charge on any atom is 0.341 e. The van der Waals surface area contributed by atoms with Gasteiger partial charge in [0.15, 0.2) is 0 Å². The lowest BCUT2D eigenvalue weighted by molar-refractivity contribution is 0.0695. The smallest absolute Gasteiger partial charge is 0.341 e. The van der Waals surface area contributed by atoms with Crippen LogP contribution >= 0.6 is 0 Å². The first-order chi connectivity index (χ1) is 11.0. The first-order valence-electron chi connectivity index (χ1n) is 7.95. The van der Waals surface area contributed by atoms with Gasteiger partial charge in [-0.05, 0) is 25.0 Å². The number of aromatic carboxylic acids is 1. The summed E-state index contributed by atoms with van der Waals surface area (Å²) in [6.45, 7) is 8.61. The Hall–Kier alpha value is -2.30. The molecule has 0 fully saturated rings. The summed E-state index contributed by atoms with van der Waals surface area (Å²) in [5, 5.41) is 9.59. The lowest BCUT2D eigenvalue weighted by Gasteiger charge is -2.16. The van der Waals surface area contributed by atoms with Crippen LogP contribution in [0.5, 0.6) is 5.75 Å². The number of fused-ring (bicyclic) bond motifs is 1. The van der Waals surface area contributed by atoms with Gasteiger partial charge in [0.2, 0.25) is 5.43 Å². The standard InChI is InChI=1S/C16H19NO4.C2H6/c1-4-5-8-17-9-12(16(19)20)14(18)11-7-6-10(2)15(21-3)13(11)17;1-2/h6-7,9H,4-5,8H2,1-3H3,(H,19,20);1-2H3. The summed E-state index contributed by atoms with van der Waals surface area (Å²) < 4.78 is 7.24. The van der Waals surface area contributed by atoms with Crippen molar-refractivity contribution >= 4 is 16.9 Å². The second-order valence-corrected chi connectivity index (χ2v) is 5.04. The molecule has 5 nitrogen and oxygen atoms in total. The van der Waals surface area contributed by atoms with Crippen LogP contribution in [-0.2, 0) is 6.54 Å². The molecule has 0 atom stereocenters. The molecule has 0 aliphatic heterocycles. The minimum Gasteiger partial charge on any atom is -0.494 e. The maximum absolute atomic E-state index is 12.3. The molecule has 0 spiro atoms. The van der Waals surface area contributed by atoms with E-state index in [2.05, 4.69) is 6.92 Å². The zero-order valence-electron chi connectivity index (χ0n) is 14.5. The van der Waals surface area contributed by atoms with Gasteiger partial charge in [0.25, 0.3) is 0 Å². The molecule has 1 heterocycles. The van der Waals surface area contributed by atoms with Crippen LogP contribution in [0.15, 0.2) is 23.1 Å². The zero-order chi connectivity index (χ0) is 17.6. The van der Waals surface area contributed by atoms with Gasteiger partial charge in [-0.3, -0.25) is 4.79 Å². The third-order valence-electron chi connectivity index (χ3n) is 3.58. The number of aryl methyl sites for hydroxylation is 2. The number of aromatic nitrogens is 1.